The molecule has 0 amide bonds. The van der Waals surface area contributed by atoms with Crippen molar-refractivity contribution in [2.24, 2.45) is 11.7 Å². The highest BCUT2D eigenvalue weighted by molar-refractivity contribution is 7.99. The van der Waals surface area contributed by atoms with Crippen LogP contribution in [0.1, 0.15) is 26.7 Å². The fourth-order valence-corrected chi connectivity index (χ4v) is 3.56. The van der Waals surface area contributed by atoms with Crippen LogP contribution in [0.4, 0.5) is 0 Å². The van der Waals surface area contributed by atoms with Gasteiger partial charge in [-0.3, -0.25) is 0 Å². The quantitative estimate of drug-likeness (QED) is 0.777. The van der Waals surface area contributed by atoms with E-state index in [0.29, 0.717) is 18.0 Å². The monoisotopic (exact) mass is 216 g/mol. The topological polar surface area (TPSA) is 29.3 Å². The van der Waals surface area contributed by atoms with E-state index in [-0.39, 0.29) is 0 Å². The number of likely N-dealkylation sites (N-methyl/N-ethyl adjacent to an activating group) is 1. The lowest BCUT2D eigenvalue weighted by molar-refractivity contribution is 0.194. The number of nitrogens with zero attached hydrogens (tertiary/aromatic N) is 1. The second-order valence-corrected chi connectivity index (χ2v) is 5.43. The summed E-state index contributed by atoms with van der Waals surface area (Å²) >= 11 is 2.05. The van der Waals surface area contributed by atoms with Crippen molar-refractivity contribution >= 4 is 11.8 Å². The van der Waals surface area contributed by atoms with Gasteiger partial charge < -0.3 is 10.6 Å². The van der Waals surface area contributed by atoms with E-state index in [1.54, 1.807) is 0 Å². The second-order valence-electron chi connectivity index (χ2n) is 4.28. The Kier molecular flexibility index (Phi) is 5.28. The average molecular weight is 216 g/mol. The van der Waals surface area contributed by atoms with Crippen LogP contribution in [0.2, 0.25) is 0 Å². The molecule has 2 atom stereocenters. The summed E-state index contributed by atoms with van der Waals surface area (Å²) in [4.78, 5) is 2.44. The van der Waals surface area contributed by atoms with E-state index in [1.165, 1.54) is 30.9 Å². The minimum Gasteiger partial charge on any atom is -0.326 e. The molecule has 3 heteroatoms. The predicted octanol–water partition coefficient (Wildman–Crippen LogP) is 1.80. The Hall–Kier alpha value is 0.270. The first-order valence-electron chi connectivity index (χ1n) is 5.74. The third-order valence-electron chi connectivity index (χ3n) is 3.48. The maximum absolute atomic E-state index is 6.35. The molecule has 1 heterocycles. The molecular weight excluding hydrogens is 192 g/mol. The van der Waals surface area contributed by atoms with Crippen molar-refractivity contribution < 1.29 is 0 Å². The van der Waals surface area contributed by atoms with E-state index in [9.17, 15) is 0 Å². The van der Waals surface area contributed by atoms with E-state index in [2.05, 4.69) is 37.6 Å². The third-order valence-corrected chi connectivity index (χ3v) is 4.53. The normalized spacial score (nSPS) is 26.8. The molecule has 2 unspecified atom stereocenters. The average Bonchev–Trinajstić information content (AvgIpc) is 2.20. The van der Waals surface area contributed by atoms with Crippen molar-refractivity contribution in [3.05, 3.63) is 0 Å². The molecule has 1 saturated heterocycles. The summed E-state index contributed by atoms with van der Waals surface area (Å²) in [7, 11) is 2.21. The smallest absolute Gasteiger partial charge is 0.0337 e. The van der Waals surface area contributed by atoms with Crippen molar-refractivity contribution in [3.8, 4) is 0 Å². The highest BCUT2D eigenvalue weighted by Crippen LogP contribution is 2.23. The molecule has 0 radical (unpaired) electrons. The lowest BCUT2D eigenvalue weighted by Crippen LogP contribution is -2.53. The van der Waals surface area contributed by atoms with E-state index in [4.69, 9.17) is 5.73 Å². The Morgan fingerprint density at radius 2 is 2.07 bits per heavy atom. The van der Waals surface area contributed by atoms with Gasteiger partial charge in [-0.15, -0.1) is 0 Å². The maximum Gasteiger partial charge on any atom is 0.0337 e. The Morgan fingerprint density at radius 1 is 1.43 bits per heavy atom. The number of rotatable bonds is 4. The van der Waals surface area contributed by atoms with Gasteiger partial charge in [0, 0.05) is 30.1 Å². The minimum atomic E-state index is 0.364. The summed E-state index contributed by atoms with van der Waals surface area (Å²) < 4.78 is 0. The second kappa shape index (κ2) is 5.99. The van der Waals surface area contributed by atoms with Crippen LogP contribution < -0.4 is 5.73 Å². The van der Waals surface area contributed by atoms with E-state index in [1.807, 2.05) is 0 Å². The summed E-state index contributed by atoms with van der Waals surface area (Å²) in [6.07, 6.45) is 2.43. The van der Waals surface area contributed by atoms with Crippen molar-refractivity contribution in [2.75, 3.05) is 25.1 Å². The lowest BCUT2D eigenvalue weighted by Gasteiger charge is -2.39. The SMILES string of the molecule is CCC(CC)C(N)C1CSCCN1C. The van der Waals surface area contributed by atoms with Gasteiger partial charge >= 0.3 is 0 Å². The van der Waals surface area contributed by atoms with Gasteiger partial charge in [0.15, 0.2) is 0 Å². The molecule has 0 aromatic heterocycles. The van der Waals surface area contributed by atoms with Crippen molar-refractivity contribution in [1.82, 2.24) is 4.90 Å². The Balaban J connectivity index is 2.52. The molecule has 1 aliphatic heterocycles. The number of hydrogen-bond acceptors (Lipinski definition) is 3. The largest absolute Gasteiger partial charge is 0.326 e. The van der Waals surface area contributed by atoms with Crippen LogP contribution in [0, 0.1) is 5.92 Å². The van der Waals surface area contributed by atoms with Gasteiger partial charge in [0.05, 0.1) is 0 Å². The van der Waals surface area contributed by atoms with Crippen molar-refractivity contribution in [1.29, 1.82) is 0 Å². The molecule has 0 aromatic rings. The third kappa shape index (κ3) is 2.88. The lowest BCUT2D eigenvalue weighted by atomic mass is 9.89. The molecule has 1 aliphatic rings. The zero-order valence-corrected chi connectivity index (χ0v) is 10.5. The van der Waals surface area contributed by atoms with Gasteiger partial charge in [-0.1, -0.05) is 26.7 Å². The van der Waals surface area contributed by atoms with Gasteiger partial charge in [-0.05, 0) is 13.0 Å². The van der Waals surface area contributed by atoms with Crippen LogP contribution >= 0.6 is 11.8 Å². The molecule has 0 saturated carbocycles. The van der Waals surface area contributed by atoms with Crippen molar-refractivity contribution in [3.63, 3.8) is 0 Å². The fourth-order valence-electron chi connectivity index (χ4n) is 2.26. The number of nitrogens with two attached hydrogens (primary N) is 1. The first-order valence-corrected chi connectivity index (χ1v) is 6.89. The predicted molar refractivity (Wildman–Crippen MR) is 65.8 cm³/mol. The van der Waals surface area contributed by atoms with E-state index < -0.39 is 0 Å². The van der Waals surface area contributed by atoms with Gasteiger partial charge in [-0.25, -0.2) is 0 Å². The van der Waals surface area contributed by atoms with Gasteiger partial charge in [0.2, 0.25) is 0 Å². The van der Waals surface area contributed by atoms with Crippen LogP contribution in [0.5, 0.6) is 0 Å². The van der Waals surface area contributed by atoms with Crippen LogP contribution in [0.3, 0.4) is 0 Å². The molecule has 14 heavy (non-hydrogen) atoms. The Labute approximate surface area is 92.6 Å². The standard InChI is InChI=1S/C11H24N2S/c1-4-9(5-2)11(12)10-8-14-7-6-13(10)3/h9-11H,4-8,12H2,1-3H3. The fraction of sp³-hybridized carbons (Fsp3) is 1.00. The van der Waals surface area contributed by atoms with Crippen LogP contribution in [0.25, 0.3) is 0 Å². The van der Waals surface area contributed by atoms with Gasteiger partial charge in [0.1, 0.15) is 0 Å². The highest BCUT2D eigenvalue weighted by Gasteiger charge is 2.29. The molecule has 2 nitrogen and oxygen atoms in total. The molecule has 1 fully saturated rings. The van der Waals surface area contributed by atoms with Gasteiger partial charge in [0.25, 0.3) is 0 Å². The minimum absolute atomic E-state index is 0.364. The molecule has 2 N–H and O–H groups in total. The first kappa shape index (κ1) is 12.3. The molecule has 84 valence electrons. The van der Waals surface area contributed by atoms with E-state index in [0.717, 1.165) is 0 Å². The van der Waals surface area contributed by atoms with Crippen LogP contribution in [-0.4, -0.2) is 42.1 Å². The molecule has 1 rings (SSSR count). The van der Waals surface area contributed by atoms with Crippen LogP contribution in [0.15, 0.2) is 0 Å². The summed E-state index contributed by atoms with van der Waals surface area (Å²) in [5.41, 5.74) is 6.35. The highest BCUT2D eigenvalue weighted by atomic mass is 32.2. The summed E-state index contributed by atoms with van der Waals surface area (Å²) in [5, 5.41) is 0. The Bertz CT molecular complexity index is 159. The summed E-state index contributed by atoms with van der Waals surface area (Å²) in [6.45, 7) is 5.71. The maximum atomic E-state index is 6.35. The van der Waals surface area contributed by atoms with Crippen molar-refractivity contribution in [2.45, 2.75) is 38.8 Å². The molecule has 0 aliphatic carbocycles. The zero-order valence-electron chi connectivity index (χ0n) is 9.70. The zero-order chi connectivity index (χ0) is 10.6. The number of thioether (sulfide) groups is 1. The summed E-state index contributed by atoms with van der Waals surface area (Å²) in [6, 6.07) is 0.960. The summed E-state index contributed by atoms with van der Waals surface area (Å²) in [5.74, 6) is 3.18. The Morgan fingerprint density at radius 3 is 2.57 bits per heavy atom. The molecule has 0 bridgehead atoms. The molecule has 0 spiro atoms. The molecule has 0 aromatic carbocycles. The van der Waals surface area contributed by atoms with E-state index >= 15 is 0 Å². The number of hydrogen-bond donors (Lipinski definition) is 1. The van der Waals surface area contributed by atoms with Crippen LogP contribution in [-0.2, 0) is 0 Å². The molecular formula is C11H24N2S. The van der Waals surface area contributed by atoms with Gasteiger partial charge in [-0.2, -0.15) is 11.8 Å². The first-order chi connectivity index (χ1) is 6.70.